The van der Waals surface area contributed by atoms with E-state index in [1.807, 2.05) is 31.2 Å². The number of hydrogen-bond donors (Lipinski definition) is 0. The molecule has 0 saturated heterocycles. The van der Waals surface area contributed by atoms with E-state index in [-0.39, 0.29) is 17.1 Å². The SMILES string of the molecule is CCc1c(C#N)nc(-c2ccccc2OC)n(CCc2cccc(F)c2)c1=O. The number of aromatic nitrogens is 2. The first-order valence-electron chi connectivity index (χ1n) is 9.00. The van der Waals surface area contributed by atoms with Gasteiger partial charge in [0.25, 0.3) is 5.56 Å². The zero-order valence-corrected chi connectivity index (χ0v) is 15.8. The molecule has 0 radical (unpaired) electrons. The third-order valence-corrected chi connectivity index (χ3v) is 4.58. The molecule has 0 spiro atoms. The van der Waals surface area contributed by atoms with Gasteiger partial charge in [-0.05, 0) is 42.7 Å². The first-order chi connectivity index (χ1) is 13.6. The molecule has 0 aliphatic heterocycles. The van der Waals surface area contributed by atoms with Gasteiger partial charge in [0.15, 0.2) is 5.69 Å². The second-order valence-electron chi connectivity index (χ2n) is 6.26. The number of ether oxygens (including phenoxy) is 1. The highest BCUT2D eigenvalue weighted by Gasteiger charge is 2.19. The molecule has 0 unspecified atom stereocenters. The Labute approximate surface area is 162 Å². The Morgan fingerprint density at radius 1 is 1.21 bits per heavy atom. The molecular formula is C22H20FN3O2. The molecule has 1 aromatic heterocycles. The average Bonchev–Trinajstić information content (AvgIpc) is 2.72. The maximum Gasteiger partial charge on any atom is 0.258 e. The Morgan fingerprint density at radius 2 is 2.00 bits per heavy atom. The van der Waals surface area contributed by atoms with Crippen LogP contribution in [0.2, 0.25) is 0 Å². The number of para-hydroxylation sites is 1. The number of nitrogens with zero attached hydrogens (tertiary/aromatic N) is 3. The van der Waals surface area contributed by atoms with E-state index in [1.54, 1.807) is 29.9 Å². The lowest BCUT2D eigenvalue weighted by atomic mass is 10.1. The van der Waals surface area contributed by atoms with E-state index >= 15 is 0 Å². The number of benzene rings is 2. The Kier molecular flexibility index (Phi) is 5.85. The summed E-state index contributed by atoms with van der Waals surface area (Å²) in [4.78, 5) is 17.6. The predicted molar refractivity (Wildman–Crippen MR) is 105 cm³/mol. The van der Waals surface area contributed by atoms with Crippen molar-refractivity contribution in [2.75, 3.05) is 7.11 Å². The summed E-state index contributed by atoms with van der Waals surface area (Å²) in [6.45, 7) is 2.13. The minimum atomic E-state index is -0.318. The van der Waals surface area contributed by atoms with Crippen molar-refractivity contribution < 1.29 is 9.13 Å². The fourth-order valence-corrected chi connectivity index (χ4v) is 3.18. The van der Waals surface area contributed by atoms with Crippen LogP contribution in [0, 0.1) is 17.1 Å². The van der Waals surface area contributed by atoms with Crippen LogP contribution in [0.1, 0.15) is 23.7 Å². The third kappa shape index (κ3) is 3.79. The number of rotatable bonds is 6. The normalized spacial score (nSPS) is 10.5. The lowest BCUT2D eigenvalue weighted by Crippen LogP contribution is -2.29. The van der Waals surface area contributed by atoms with Crippen LogP contribution in [0.5, 0.6) is 5.75 Å². The first-order valence-corrected chi connectivity index (χ1v) is 9.00. The zero-order valence-electron chi connectivity index (χ0n) is 15.8. The molecule has 28 heavy (non-hydrogen) atoms. The highest BCUT2D eigenvalue weighted by molar-refractivity contribution is 5.65. The number of aryl methyl sites for hydroxylation is 1. The van der Waals surface area contributed by atoms with E-state index < -0.39 is 0 Å². The van der Waals surface area contributed by atoms with Gasteiger partial charge in [0.1, 0.15) is 23.5 Å². The number of hydrogen-bond acceptors (Lipinski definition) is 4. The Balaban J connectivity index is 2.16. The molecule has 0 bridgehead atoms. The van der Waals surface area contributed by atoms with E-state index in [2.05, 4.69) is 4.98 Å². The fourth-order valence-electron chi connectivity index (χ4n) is 3.18. The van der Waals surface area contributed by atoms with Crippen molar-refractivity contribution in [2.45, 2.75) is 26.3 Å². The van der Waals surface area contributed by atoms with Gasteiger partial charge >= 0.3 is 0 Å². The predicted octanol–water partition coefficient (Wildman–Crippen LogP) is 3.73. The van der Waals surface area contributed by atoms with Gasteiger partial charge < -0.3 is 4.74 Å². The summed E-state index contributed by atoms with van der Waals surface area (Å²) in [6, 6.07) is 15.5. The highest BCUT2D eigenvalue weighted by Crippen LogP contribution is 2.28. The van der Waals surface area contributed by atoms with Gasteiger partial charge in [-0.1, -0.05) is 31.2 Å². The Bertz CT molecular complexity index is 1100. The quantitative estimate of drug-likeness (QED) is 0.656. The molecule has 6 heteroatoms. The first kappa shape index (κ1) is 19.3. The standard InChI is InChI=1S/C22H20FN3O2/c1-3-17-19(14-24)25-21(18-9-4-5-10-20(18)28-2)26(22(17)27)12-11-15-7-6-8-16(23)13-15/h4-10,13H,3,11-12H2,1-2H3. The maximum absolute atomic E-state index is 13.5. The van der Waals surface area contributed by atoms with Gasteiger partial charge in [-0.2, -0.15) is 5.26 Å². The van der Waals surface area contributed by atoms with Crippen molar-refractivity contribution in [1.29, 1.82) is 5.26 Å². The molecule has 5 nitrogen and oxygen atoms in total. The van der Waals surface area contributed by atoms with Gasteiger partial charge in [0.05, 0.1) is 18.2 Å². The summed E-state index contributed by atoms with van der Waals surface area (Å²) >= 11 is 0. The lowest BCUT2D eigenvalue weighted by Gasteiger charge is -2.16. The summed E-state index contributed by atoms with van der Waals surface area (Å²) in [5.74, 6) is 0.608. The zero-order chi connectivity index (χ0) is 20.1. The van der Waals surface area contributed by atoms with Gasteiger partial charge in [0, 0.05) is 6.54 Å². The minimum Gasteiger partial charge on any atom is -0.496 e. The molecule has 0 amide bonds. The molecule has 0 atom stereocenters. The fraction of sp³-hybridized carbons (Fsp3) is 0.227. The lowest BCUT2D eigenvalue weighted by molar-refractivity contribution is 0.415. The van der Waals surface area contributed by atoms with Crippen molar-refractivity contribution >= 4 is 0 Å². The Morgan fingerprint density at radius 3 is 2.68 bits per heavy atom. The van der Waals surface area contributed by atoms with Crippen LogP contribution in [-0.2, 0) is 19.4 Å². The molecule has 1 heterocycles. The average molecular weight is 377 g/mol. The maximum atomic E-state index is 13.5. The molecule has 0 saturated carbocycles. The van der Waals surface area contributed by atoms with Gasteiger partial charge in [-0.25, -0.2) is 9.37 Å². The largest absolute Gasteiger partial charge is 0.496 e. The monoisotopic (exact) mass is 377 g/mol. The molecule has 3 rings (SSSR count). The highest BCUT2D eigenvalue weighted by atomic mass is 19.1. The van der Waals surface area contributed by atoms with Crippen LogP contribution in [0.15, 0.2) is 53.3 Å². The smallest absolute Gasteiger partial charge is 0.258 e. The van der Waals surface area contributed by atoms with Crippen molar-refractivity contribution in [3.63, 3.8) is 0 Å². The van der Waals surface area contributed by atoms with Crippen LogP contribution >= 0.6 is 0 Å². The molecule has 0 N–H and O–H groups in total. The molecule has 0 fully saturated rings. The van der Waals surface area contributed by atoms with Crippen LogP contribution in [0.3, 0.4) is 0 Å². The summed E-state index contributed by atoms with van der Waals surface area (Å²) in [7, 11) is 1.54. The summed E-state index contributed by atoms with van der Waals surface area (Å²) < 4.78 is 20.5. The molecule has 3 aromatic rings. The molecule has 142 valence electrons. The van der Waals surface area contributed by atoms with Gasteiger partial charge in [-0.3, -0.25) is 9.36 Å². The van der Waals surface area contributed by atoms with Crippen molar-refractivity contribution in [1.82, 2.24) is 9.55 Å². The number of halogens is 1. The number of nitriles is 1. The molecule has 0 aliphatic carbocycles. The van der Waals surface area contributed by atoms with Gasteiger partial charge in [0.2, 0.25) is 0 Å². The third-order valence-electron chi connectivity index (χ3n) is 4.58. The summed E-state index contributed by atoms with van der Waals surface area (Å²) in [6.07, 6.45) is 0.859. The van der Waals surface area contributed by atoms with E-state index in [9.17, 15) is 14.4 Å². The topological polar surface area (TPSA) is 67.9 Å². The van der Waals surface area contributed by atoms with Gasteiger partial charge in [-0.15, -0.1) is 0 Å². The minimum absolute atomic E-state index is 0.121. The van der Waals surface area contributed by atoms with E-state index in [1.165, 1.54) is 12.1 Å². The summed E-state index contributed by atoms with van der Waals surface area (Å²) in [5, 5.41) is 9.47. The molecule has 0 aliphatic rings. The second kappa shape index (κ2) is 8.49. The Hall–Kier alpha value is -3.46. The van der Waals surface area contributed by atoms with E-state index in [0.717, 1.165) is 5.56 Å². The summed E-state index contributed by atoms with van der Waals surface area (Å²) in [5.41, 5.74) is 1.64. The van der Waals surface area contributed by atoms with Crippen LogP contribution in [0.25, 0.3) is 11.4 Å². The van der Waals surface area contributed by atoms with Crippen molar-refractivity contribution in [3.05, 3.63) is 81.5 Å². The van der Waals surface area contributed by atoms with Crippen LogP contribution in [0.4, 0.5) is 4.39 Å². The van der Waals surface area contributed by atoms with E-state index in [0.29, 0.717) is 42.1 Å². The molecule has 2 aromatic carbocycles. The van der Waals surface area contributed by atoms with Crippen LogP contribution < -0.4 is 10.3 Å². The molecular weight excluding hydrogens is 357 g/mol. The van der Waals surface area contributed by atoms with Crippen molar-refractivity contribution in [3.8, 4) is 23.2 Å². The van der Waals surface area contributed by atoms with E-state index in [4.69, 9.17) is 4.74 Å². The van der Waals surface area contributed by atoms with Crippen molar-refractivity contribution in [2.24, 2.45) is 0 Å². The number of methoxy groups -OCH3 is 1. The second-order valence-corrected chi connectivity index (χ2v) is 6.26. The van der Waals surface area contributed by atoms with Crippen LogP contribution in [-0.4, -0.2) is 16.7 Å².